The second-order valence-corrected chi connectivity index (χ2v) is 8.98. The Morgan fingerprint density at radius 3 is 2.56 bits per heavy atom. The molecule has 1 aliphatic carbocycles. The Bertz CT molecular complexity index is 1280. The quantitative estimate of drug-likeness (QED) is 0.391. The maximum atomic E-state index is 13.7. The van der Waals surface area contributed by atoms with E-state index in [9.17, 15) is 4.39 Å². The Morgan fingerprint density at radius 2 is 1.76 bits per heavy atom. The Morgan fingerprint density at radius 1 is 0.882 bits per heavy atom. The van der Waals surface area contributed by atoms with E-state index in [-0.39, 0.29) is 11.9 Å². The third-order valence-electron chi connectivity index (χ3n) is 6.50. The van der Waals surface area contributed by atoms with Crippen LogP contribution in [0.2, 0.25) is 0 Å². The van der Waals surface area contributed by atoms with E-state index in [1.165, 1.54) is 25.0 Å². The number of aryl methyl sites for hydroxylation is 1. The Labute approximate surface area is 197 Å². The van der Waals surface area contributed by atoms with Crippen LogP contribution in [-0.4, -0.2) is 37.6 Å². The molecular formula is C26H26FN7. The van der Waals surface area contributed by atoms with Gasteiger partial charge < -0.3 is 15.2 Å². The fourth-order valence-electron chi connectivity index (χ4n) is 4.54. The number of nitrogens with one attached hydrogen (secondary N) is 2. The van der Waals surface area contributed by atoms with Gasteiger partial charge in [-0.25, -0.2) is 24.3 Å². The summed E-state index contributed by atoms with van der Waals surface area (Å²) >= 11 is 0. The predicted octanol–water partition coefficient (Wildman–Crippen LogP) is 4.96. The number of anilines is 2. The van der Waals surface area contributed by atoms with Gasteiger partial charge in [-0.3, -0.25) is 0 Å². The fraction of sp³-hybridized carbons (Fsp3) is 0.308. The van der Waals surface area contributed by atoms with E-state index < -0.39 is 0 Å². The average Bonchev–Trinajstić information content (AvgIpc) is 3.51. The zero-order valence-electron chi connectivity index (χ0n) is 18.8. The highest BCUT2D eigenvalue weighted by molar-refractivity contribution is 5.78. The van der Waals surface area contributed by atoms with E-state index in [0.717, 1.165) is 66.1 Å². The maximum Gasteiger partial charge on any atom is 0.223 e. The molecule has 3 aromatic heterocycles. The molecule has 1 aliphatic heterocycles. The molecule has 0 bridgehead atoms. The topological polar surface area (TPSA) is 80.5 Å². The first kappa shape index (κ1) is 20.8. The summed E-state index contributed by atoms with van der Waals surface area (Å²) in [5.41, 5.74) is 3.46. The number of hydrogen-bond acceptors (Lipinski definition) is 6. The Hall–Kier alpha value is -3.81. The summed E-state index contributed by atoms with van der Waals surface area (Å²) in [6.45, 7) is 1.63. The van der Waals surface area contributed by atoms with Crippen LogP contribution in [0.4, 0.5) is 16.2 Å². The number of aromatic nitrogens is 5. The summed E-state index contributed by atoms with van der Waals surface area (Å²) in [5, 5.41) is 6.84. The van der Waals surface area contributed by atoms with Crippen LogP contribution in [0.3, 0.4) is 0 Å². The van der Waals surface area contributed by atoms with Crippen molar-refractivity contribution in [2.45, 2.75) is 31.7 Å². The average molecular weight is 456 g/mol. The highest BCUT2D eigenvalue weighted by Gasteiger charge is 2.31. The predicted molar refractivity (Wildman–Crippen MR) is 130 cm³/mol. The molecule has 0 saturated heterocycles. The van der Waals surface area contributed by atoms with Gasteiger partial charge in [0.25, 0.3) is 0 Å². The van der Waals surface area contributed by atoms with Crippen molar-refractivity contribution in [1.29, 1.82) is 0 Å². The number of pyridine rings is 1. The second kappa shape index (κ2) is 8.85. The largest absolute Gasteiger partial charge is 0.368 e. The molecule has 0 radical (unpaired) electrons. The molecule has 1 atom stereocenters. The molecule has 2 N–H and O–H groups in total. The van der Waals surface area contributed by atoms with Crippen LogP contribution in [-0.2, 0) is 6.42 Å². The first-order valence-corrected chi connectivity index (χ1v) is 11.8. The third-order valence-corrected chi connectivity index (χ3v) is 6.50. The molecule has 0 spiro atoms. The van der Waals surface area contributed by atoms with Gasteiger partial charge >= 0.3 is 0 Å². The van der Waals surface area contributed by atoms with E-state index in [1.807, 2.05) is 24.3 Å². The molecule has 8 heteroatoms. The van der Waals surface area contributed by atoms with Gasteiger partial charge in [0.05, 0.1) is 23.1 Å². The fourth-order valence-corrected chi connectivity index (χ4v) is 4.54. The molecule has 172 valence electrons. The highest BCUT2D eigenvalue weighted by Crippen LogP contribution is 2.39. The lowest BCUT2D eigenvalue weighted by Gasteiger charge is -2.18. The molecule has 1 fully saturated rings. The zero-order chi connectivity index (χ0) is 22.9. The summed E-state index contributed by atoms with van der Waals surface area (Å²) < 4.78 is 15.9. The molecule has 2 aliphatic rings. The zero-order valence-corrected chi connectivity index (χ0v) is 18.8. The molecule has 1 saturated carbocycles. The van der Waals surface area contributed by atoms with Gasteiger partial charge in [-0.2, -0.15) is 0 Å². The summed E-state index contributed by atoms with van der Waals surface area (Å²) in [7, 11) is 0. The van der Waals surface area contributed by atoms with Crippen molar-refractivity contribution in [3.8, 4) is 22.6 Å². The van der Waals surface area contributed by atoms with Crippen LogP contribution < -0.4 is 10.6 Å². The summed E-state index contributed by atoms with van der Waals surface area (Å²) in [6.07, 6.45) is 7.97. The smallest absolute Gasteiger partial charge is 0.223 e. The number of rotatable bonds is 8. The summed E-state index contributed by atoms with van der Waals surface area (Å²) in [4.78, 5) is 18.7. The van der Waals surface area contributed by atoms with Gasteiger partial charge in [0.1, 0.15) is 17.5 Å². The Balaban J connectivity index is 1.38. The molecule has 6 rings (SSSR count). The van der Waals surface area contributed by atoms with Gasteiger partial charge in [-0.1, -0.05) is 6.07 Å². The van der Waals surface area contributed by atoms with Crippen LogP contribution in [0.25, 0.3) is 22.6 Å². The number of hydrogen-bond donors (Lipinski definition) is 2. The highest BCUT2D eigenvalue weighted by atomic mass is 19.1. The van der Waals surface area contributed by atoms with E-state index in [2.05, 4.69) is 25.2 Å². The molecule has 1 aromatic carbocycles. The minimum atomic E-state index is -0.261. The van der Waals surface area contributed by atoms with Gasteiger partial charge in [0, 0.05) is 37.5 Å². The van der Waals surface area contributed by atoms with Crippen molar-refractivity contribution in [3.05, 3.63) is 72.6 Å². The van der Waals surface area contributed by atoms with Crippen LogP contribution in [0.15, 0.2) is 60.9 Å². The van der Waals surface area contributed by atoms with Crippen LogP contribution >= 0.6 is 0 Å². The number of halogens is 1. The van der Waals surface area contributed by atoms with Crippen LogP contribution in [0.5, 0.6) is 0 Å². The lowest BCUT2D eigenvalue weighted by Crippen LogP contribution is -2.17. The van der Waals surface area contributed by atoms with Crippen molar-refractivity contribution in [2.75, 3.05) is 23.7 Å². The van der Waals surface area contributed by atoms with Gasteiger partial charge in [0.2, 0.25) is 5.95 Å². The lowest BCUT2D eigenvalue weighted by molar-refractivity contribution is 0.558. The van der Waals surface area contributed by atoms with Crippen molar-refractivity contribution < 1.29 is 4.39 Å². The van der Waals surface area contributed by atoms with Crippen LogP contribution in [0.1, 0.15) is 31.1 Å². The minimum Gasteiger partial charge on any atom is -0.368 e. The van der Waals surface area contributed by atoms with E-state index in [4.69, 9.17) is 9.97 Å². The number of benzene rings is 1. The second-order valence-electron chi connectivity index (χ2n) is 8.98. The first-order chi connectivity index (χ1) is 16.7. The van der Waals surface area contributed by atoms with E-state index in [0.29, 0.717) is 5.95 Å². The molecule has 7 nitrogen and oxygen atoms in total. The van der Waals surface area contributed by atoms with Gasteiger partial charge in [-0.15, -0.1) is 0 Å². The van der Waals surface area contributed by atoms with Gasteiger partial charge in [0.15, 0.2) is 0 Å². The molecule has 0 amide bonds. The number of fused-ring (bicyclic) bond motifs is 1. The standard InChI is InChI=1S/C26H26FN7/c27-19-8-6-18(7-9-19)24-25(21-12-14-29-26(32-21)31-15-17-4-5-17)34-20(10-11-23(34)33-24)16-30-22-3-1-2-13-28-22/h1-3,6-9,12-14,17,20H,4-5,10-11,15-16H2,(H,28,30)(H,29,31,32)/t20-/m0/s1. The summed E-state index contributed by atoms with van der Waals surface area (Å²) in [6, 6.07) is 14.5. The van der Waals surface area contributed by atoms with E-state index >= 15 is 0 Å². The van der Waals surface area contributed by atoms with Gasteiger partial charge in [-0.05, 0) is 67.6 Å². The van der Waals surface area contributed by atoms with Crippen LogP contribution in [0, 0.1) is 11.7 Å². The maximum absolute atomic E-state index is 13.7. The number of imidazole rings is 1. The minimum absolute atomic E-state index is 0.201. The monoisotopic (exact) mass is 455 g/mol. The molecule has 34 heavy (non-hydrogen) atoms. The molecule has 4 heterocycles. The Kier molecular flexibility index (Phi) is 5.41. The number of nitrogens with zero attached hydrogens (tertiary/aromatic N) is 5. The van der Waals surface area contributed by atoms with Crippen molar-refractivity contribution in [1.82, 2.24) is 24.5 Å². The molecule has 4 aromatic rings. The third kappa shape index (κ3) is 4.23. The van der Waals surface area contributed by atoms with E-state index in [1.54, 1.807) is 24.5 Å². The first-order valence-electron chi connectivity index (χ1n) is 11.8. The SMILES string of the molecule is Fc1ccc(-c2nc3n(c2-c2ccnc(NCC4CC4)n2)[C@H](CNc2ccccn2)CC3)cc1. The normalized spacial score (nSPS) is 16.9. The van der Waals surface area contributed by atoms with Crippen molar-refractivity contribution in [3.63, 3.8) is 0 Å². The summed E-state index contributed by atoms with van der Waals surface area (Å²) in [5.74, 6) is 2.97. The molecular weight excluding hydrogens is 429 g/mol. The van der Waals surface area contributed by atoms with Crippen molar-refractivity contribution >= 4 is 11.8 Å². The molecule has 0 unspecified atom stereocenters. The lowest BCUT2D eigenvalue weighted by atomic mass is 10.1. The van der Waals surface area contributed by atoms with Crippen molar-refractivity contribution in [2.24, 2.45) is 5.92 Å².